The highest BCUT2D eigenvalue weighted by atomic mass is 16.6. The predicted octanol–water partition coefficient (Wildman–Crippen LogP) is 2.45. The molecule has 1 aromatic heterocycles. The lowest BCUT2D eigenvalue weighted by molar-refractivity contribution is 0.0910. The monoisotopic (exact) mass is 196 g/mol. The second-order valence-corrected chi connectivity index (χ2v) is 3.17. The number of aromatic nitrogens is 2. The summed E-state index contributed by atoms with van der Waals surface area (Å²) < 4.78 is 6.61. The number of ether oxygens (including phenoxy) is 1. The zero-order valence-corrected chi connectivity index (χ0v) is 8.64. The fourth-order valence-electron chi connectivity index (χ4n) is 1.24. The summed E-state index contributed by atoms with van der Waals surface area (Å²) in [7, 11) is 0. The molecule has 0 saturated carbocycles. The van der Waals surface area contributed by atoms with Gasteiger partial charge in [0.25, 0.3) is 0 Å². The molecule has 0 N–H and O–H groups in total. The SMILES string of the molecule is CCCC(CC)OC(=O)n1ccnc1. The van der Waals surface area contributed by atoms with Crippen molar-refractivity contribution in [1.29, 1.82) is 0 Å². The summed E-state index contributed by atoms with van der Waals surface area (Å²) in [5.74, 6) is 0. The Labute approximate surface area is 83.9 Å². The standard InChI is InChI=1S/C10H16N2O2/c1-3-5-9(4-2)14-10(13)12-7-6-11-8-12/h6-9H,3-5H2,1-2H3. The number of hydrogen-bond acceptors (Lipinski definition) is 3. The molecule has 14 heavy (non-hydrogen) atoms. The van der Waals surface area contributed by atoms with Crippen LogP contribution < -0.4 is 0 Å². The summed E-state index contributed by atoms with van der Waals surface area (Å²) in [5, 5.41) is 0. The molecule has 0 fully saturated rings. The van der Waals surface area contributed by atoms with E-state index in [1.165, 1.54) is 10.9 Å². The fourth-order valence-corrected chi connectivity index (χ4v) is 1.24. The van der Waals surface area contributed by atoms with Crippen LogP contribution in [0.5, 0.6) is 0 Å². The van der Waals surface area contributed by atoms with E-state index in [2.05, 4.69) is 11.9 Å². The lowest BCUT2D eigenvalue weighted by Crippen LogP contribution is -2.20. The van der Waals surface area contributed by atoms with Gasteiger partial charge in [-0.1, -0.05) is 20.3 Å². The van der Waals surface area contributed by atoms with E-state index in [0.29, 0.717) is 0 Å². The van der Waals surface area contributed by atoms with Gasteiger partial charge in [0.05, 0.1) is 0 Å². The highest BCUT2D eigenvalue weighted by molar-refractivity contribution is 5.70. The third kappa shape index (κ3) is 2.87. The lowest BCUT2D eigenvalue weighted by Gasteiger charge is -2.14. The van der Waals surface area contributed by atoms with Gasteiger partial charge in [0, 0.05) is 12.4 Å². The first-order chi connectivity index (χ1) is 6.77. The van der Waals surface area contributed by atoms with Crippen molar-refractivity contribution in [3.8, 4) is 0 Å². The van der Waals surface area contributed by atoms with Gasteiger partial charge < -0.3 is 4.74 Å². The molecule has 0 bridgehead atoms. The molecule has 1 rings (SSSR count). The number of carbonyl (C=O) groups excluding carboxylic acids is 1. The summed E-state index contributed by atoms with van der Waals surface area (Å²) in [6.45, 7) is 4.09. The molecule has 1 aromatic rings. The van der Waals surface area contributed by atoms with Crippen LogP contribution in [0.15, 0.2) is 18.7 Å². The van der Waals surface area contributed by atoms with E-state index in [1.807, 2.05) is 6.92 Å². The number of imidazole rings is 1. The molecule has 1 atom stereocenters. The first-order valence-electron chi connectivity index (χ1n) is 4.96. The van der Waals surface area contributed by atoms with Crippen molar-refractivity contribution in [2.24, 2.45) is 0 Å². The summed E-state index contributed by atoms with van der Waals surface area (Å²) in [6, 6.07) is 0. The van der Waals surface area contributed by atoms with Gasteiger partial charge in [0.1, 0.15) is 12.4 Å². The summed E-state index contributed by atoms with van der Waals surface area (Å²) in [5.41, 5.74) is 0. The maximum atomic E-state index is 11.5. The molecule has 4 heteroatoms. The minimum Gasteiger partial charge on any atom is -0.446 e. The molecule has 4 nitrogen and oxygen atoms in total. The minimum atomic E-state index is -0.345. The van der Waals surface area contributed by atoms with Gasteiger partial charge in [0.2, 0.25) is 0 Å². The Morgan fingerprint density at radius 3 is 2.86 bits per heavy atom. The number of rotatable bonds is 4. The highest BCUT2D eigenvalue weighted by Gasteiger charge is 2.12. The van der Waals surface area contributed by atoms with Gasteiger partial charge in [-0.3, -0.25) is 0 Å². The molecule has 1 heterocycles. The Balaban J connectivity index is 2.47. The van der Waals surface area contributed by atoms with E-state index in [-0.39, 0.29) is 12.2 Å². The first-order valence-corrected chi connectivity index (χ1v) is 4.96. The quantitative estimate of drug-likeness (QED) is 0.743. The van der Waals surface area contributed by atoms with Crippen molar-refractivity contribution in [2.75, 3.05) is 0 Å². The molecular formula is C10H16N2O2. The van der Waals surface area contributed by atoms with Crippen LogP contribution in [0.4, 0.5) is 4.79 Å². The van der Waals surface area contributed by atoms with Gasteiger partial charge in [-0.05, 0) is 12.8 Å². The number of nitrogens with zero attached hydrogens (tertiary/aromatic N) is 2. The third-order valence-corrected chi connectivity index (χ3v) is 2.05. The molecule has 0 aliphatic carbocycles. The maximum absolute atomic E-state index is 11.5. The average Bonchev–Trinajstić information content (AvgIpc) is 2.69. The summed E-state index contributed by atoms with van der Waals surface area (Å²) in [6.07, 6.45) is 7.06. The normalized spacial score (nSPS) is 12.4. The van der Waals surface area contributed by atoms with Crippen LogP contribution in [-0.4, -0.2) is 21.7 Å². The molecule has 0 saturated heterocycles. The highest BCUT2D eigenvalue weighted by Crippen LogP contribution is 2.07. The van der Waals surface area contributed by atoms with E-state index in [4.69, 9.17) is 4.74 Å². The van der Waals surface area contributed by atoms with Crippen LogP contribution in [0.2, 0.25) is 0 Å². The zero-order valence-electron chi connectivity index (χ0n) is 8.64. The zero-order chi connectivity index (χ0) is 10.4. The molecule has 0 aliphatic rings. The Hall–Kier alpha value is -1.32. The smallest absolute Gasteiger partial charge is 0.419 e. The Kier molecular flexibility index (Phi) is 4.16. The van der Waals surface area contributed by atoms with Crippen LogP contribution in [0.3, 0.4) is 0 Å². The van der Waals surface area contributed by atoms with Crippen molar-refractivity contribution in [3.63, 3.8) is 0 Å². The minimum absolute atomic E-state index is 0.0231. The molecule has 1 unspecified atom stereocenters. The summed E-state index contributed by atoms with van der Waals surface area (Å²) in [4.78, 5) is 15.2. The molecule has 0 aliphatic heterocycles. The van der Waals surface area contributed by atoms with Gasteiger partial charge in [0.15, 0.2) is 0 Å². The number of carbonyl (C=O) groups is 1. The first kappa shape index (κ1) is 10.8. The van der Waals surface area contributed by atoms with Crippen LogP contribution >= 0.6 is 0 Å². The van der Waals surface area contributed by atoms with Crippen molar-refractivity contribution in [2.45, 2.75) is 39.2 Å². The van der Waals surface area contributed by atoms with Crippen LogP contribution in [0.25, 0.3) is 0 Å². The van der Waals surface area contributed by atoms with E-state index >= 15 is 0 Å². The van der Waals surface area contributed by atoms with Crippen LogP contribution in [0, 0.1) is 0 Å². The molecule has 0 radical (unpaired) electrons. The average molecular weight is 196 g/mol. The molecular weight excluding hydrogens is 180 g/mol. The van der Waals surface area contributed by atoms with Crippen LogP contribution in [0.1, 0.15) is 33.1 Å². The third-order valence-electron chi connectivity index (χ3n) is 2.05. The van der Waals surface area contributed by atoms with Gasteiger partial charge >= 0.3 is 6.09 Å². The van der Waals surface area contributed by atoms with E-state index in [1.54, 1.807) is 12.4 Å². The maximum Gasteiger partial charge on any atom is 0.419 e. The Bertz CT molecular complexity index is 270. The topological polar surface area (TPSA) is 44.1 Å². The van der Waals surface area contributed by atoms with Gasteiger partial charge in [-0.15, -0.1) is 0 Å². The van der Waals surface area contributed by atoms with Gasteiger partial charge in [-0.2, -0.15) is 0 Å². The lowest BCUT2D eigenvalue weighted by atomic mass is 10.2. The van der Waals surface area contributed by atoms with Crippen molar-refractivity contribution in [3.05, 3.63) is 18.7 Å². The Morgan fingerprint density at radius 2 is 2.36 bits per heavy atom. The van der Waals surface area contributed by atoms with E-state index in [9.17, 15) is 4.79 Å². The largest absolute Gasteiger partial charge is 0.446 e. The molecule has 0 aromatic carbocycles. The number of hydrogen-bond donors (Lipinski definition) is 0. The van der Waals surface area contributed by atoms with Crippen LogP contribution in [-0.2, 0) is 4.74 Å². The Morgan fingerprint density at radius 1 is 1.57 bits per heavy atom. The molecule has 0 amide bonds. The van der Waals surface area contributed by atoms with E-state index in [0.717, 1.165) is 19.3 Å². The van der Waals surface area contributed by atoms with Crippen molar-refractivity contribution >= 4 is 6.09 Å². The molecule has 0 spiro atoms. The fraction of sp³-hybridized carbons (Fsp3) is 0.600. The van der Waals surface area contributed by atoms with E-state index < -0.39 is 0 Å². The second-order valence-electron chi connectivity index (χ2n) is 3.17. The van der Waals surface area contributed by atoms with Gasteiger partial charge in [-0.25, -0.2) is 14.3 Å². The summed E-state index contributed by atoms with van der Waals surface area (Å²) >= 11 is 0. The predicted molar refractivity (Wildman–Crippen MR) is 53.1 cm³/mol. The second kappa shape index (κ2) is 5.42. The van der Waals surface area contributed by atoms with Crippen molar-refractivity contribution < 1.29 is 9.53 Å². The molecule has 78 valence electrons. The van der Waals surface area contributed by atoms with Crippen molar-refractivity contribution in [1.82, 2.24) is 9.55 Å².